The molecule has 0 bridgehead atoms. The van der Waals surface area contributed by atoms with Crippen molar-refractivity contribution in [3.63, 3.8) is 0 Å². The molecule has 4 heterocycles. The van der Waals surface area contributed by atoms with Crippen LogP contribution < -0.4 is 5.32 Å². The zero-order valence-corrected chi connectivity index (χ0v) is 19.5. The van der Waals surface area contributed by atoms with Crippen LogP contribution in [0.15, 0.2) is 17.5 Å². The van der Waals surface area contributed by atoms with E-state index in [0.717, 1.165) is 47.1 Å². The van der Waals surface area contributed by atoms with E-state index in [1.54, 1.807) is 23.5 Å². The number of carbonyl (C=O) groups excluding carboxylic acids is 1. The molecule has 8 nitrogen and oxygen atoms in total. The Kier molecular flexibility index (Phi) is 6.67. The Morgan fingerprint density at radius 2 is 2.13 bits per heavy atom. The first-order valence-electron chi connectivity index (χ1n) is 10.4. The van der Waals surface area contributed by atoms with Crippen molar-refractivity contribution in [1.82, 2.24) is 30.0 Å². The molecular formula is C21H25N7OS2. The van der Waals surface area contributed by atoms with E-state index >= 15 is 0 Å². The average Bonchev–Trinajstić information content (AvgIpc) is 3.40. The highest BCUT2D eigenvalue weighted by atomic mass is 32.1. The summed E-state index contributed by atoms with van der Waals surface area (Å²) in [6.07, 6.45) is 7.10. The number of likely N-dealkylation sites (tertiary alicyclic amines) is 1. The maximum atomic E-state index is 13.0. The molecule has 31 heavy (non-hydrogen) atoms. The summed E-state index contributed by atoms with van der Waals surface area (Å²) in [6.45, 7) is 6.64. The lowest BCUT2D eigenvalue weighted by Crippen LogP contribution is -2.38. The molecule has 1 aliphatic rings. The van der Waals surface area contributed by atoms with Gasteiger partial charge >= 0.3 is 0 Å². The Morgan fingerprint density at radius 3 is 2.87 bits per heavy atom. The number of nitrogens with zero attached hydrogens (tertiary/aromatic N) is 6. The van der Waals surface area contributed by atoms with Gasteiger partial charge in [-0.3, -0.25) is 4.79 Å². The highest BCUT2D eigenvalue weighted by molar-refractivity contribution is 7.15. The van der Waals surface area contributed by atoms with Gasteiger partial charge in [-0.1, -0.05) is 18.3 Å². The fraction of sp³-hybridized carbons (Fsp3) is 0.429. The third kappa shape index (κ3) is 5.31. The molecule has 0 unspecified atom stereocenters. The monoisotopic (exact) mass is 455 g/mol. The second-order valence-electron chi connectivity index (χ2n) is 7.40. The first kappa shape index (κ1) is 21.5. The van der Waals surface area contributed by atoms with Crippen LogP contribution in [-0.2, 0) is 11.2 Å². The van der Waals surface area contributed by atoms with Crippen LogP contribution in [0.4, 0.5) is 10.9 Å². The minimum Gasteiger partial charge on any atom is -0.329 e. The second-order valence-corrected chi connectivity index (χ2v) is 9.52. The van der Waals surface area contributed by atoms with Gasteiger partial charge in [-0.15, -0.1) is 21.5 Å². The lowest BCUT2D eigenvalue weighted by atomic mass is 10.0. The Bertz CT molecular complexity index is 1090. The topological polar surface area (TPSA) is 96.8 Å². The van der Waals surface area contributed by atoms with E-state index in [0.29, 0.717) is 23.3 Å². The van der Waals surface area contributed by atoms with Gasteiger partial charge in [0.1, 0.15) is 10.8 Å². The molecular weight excluding hydrogens is 430 g/mol. The van der Waals surface area contributed by atoms with E-state index in [-0.39, 0.29) is 11.9 Å². The van der Waals surface area contributed by atoms with E-state index in [1.807, 2.05) is 30.2 Å². The van der Waals surface area contributed by atoms with Gasteiger partial charge in [0, 0.05) is 29.8 Å². The van der Waals surface area contributed by atoms with Crippen molar-refractivity contribution in [3.8, 4) is 0 Å². The second kappa shape index (κ2) is 9.61. The Balaban J connectivity index is 1.54. The number of hydrogen-bond acceptors (Lipinski definition) is 9. The summed E-state index contributed by atoms with van der Waals surface area (Å²) in [5.41, 5.74) is 1.66. The fourth-order valence-electron chi connectivity index (χ4n) is 3.53. The molecule has 0 saturated carbocycles. The van der Waals surface area contributed by atoms with Gasteiger partial charge in [0.05, 0.1) is 16.7 Å². The van der Waals surface area contributed by atoms with Gasteiger partial charge in [-0.25, -0.2) is 15.0 Å². The first-order chi connectivity index (χ1) is 15.0. The van der Waals surface area contributed by atoms with Gasteiger partial charge in [0.25, 0.3) is 0 Å². The van der Waals surface area contributed by atoms with Crippen molar-refractivity contribution in [3.05, 3.63) is 44.7 Å². The van der Waals surface area contributed by atoms with E-state index in [4.69, 9.17) is 4.98 Å². The van der Waals surface area contributed by atoms with E-state index in [1.165, 1.54) is 11.3 Å². The molecule has 0 radical (unpaired) electrons. The number of thiazole rings is 1. The number of anilines is 2. The fourth-order valence-corrected chi connectivity index (χ4v) is 4.80. The predicted octanol–water partition coefficient (Wildman–Crippen LogP) is 4.47. The van der Waals surface area contributed by atoms with Crippen LogP contribution in [0.3, 0.4) is 0 Å². The Morgan fingerprint density at radius 1 is 1.26 bits per heavy atom. The summed E-state index contributed by atoms with van der Waals surface area (Å²) in [6, 6.07) is 1.74. The van der Waals surface area contributed by atoms with Crippen LogP contribution in [0.1, 0.15) is 59.5 Å². The van der Waals surface area contributed by atoms with Gasteiger partial charge < -0.3 is 10.2 Å². The number of rotatable bonds is 6. The smallest absolute Gasteiger partial charge is 0.247 e. The molecule has 1 fully saturated rings. The van der Waals surface area contributed by atoms with Crippen molar-refractivity contribution in [2.45, 2.75) is 52.5 Å². The number of nitrogens with one attached hydrogen (secondary N) is 1. The van der Waals surface area contributed by atoms with Crippen molar-refractivity contribution in [2.24, 2.45) is 0 Å². The molecule has 1 saturated heterocycles. The highest BCUT2D eigenvalue weighted by Gasteiger charge is 2.29. The molecule has 0 aromatic carbocycles. The molecule has 1 aliphatic heterocycles. The van der Waals surface area contributed by atoms with Gasteiger partial charge in [-0.05, 0) is 45.6 Å². The van der Waals surface area contributed by atoms with E-state index in [9.17, 15) is 4.79 Å². The summed E-state index contributed by atoms with van der Waals surface area (Å²) in [7, 11) is 0. The lowest BCUT2D eigenvalue weighted by molar-refractivity contribution is -0.129. The summed E-state index contributed by atoms with van der Waals surface area (Å²) < 4.78 is 0. The zero-order chi connectivity index (χ0) is 21.8. The van der Waals surface area contributed by atoms with Gasteiger partial charge in [0.2, 0.25) is 11.0 Å². The van der Waals surface area contributed by atoms with Gasteiger partial charge in [-0.2, -0.15) is 0 Å². The van der Waals surface area contributed by atoms with Crippen molar-refractivity contribution < 1.29 is 4.79 Å². The van der Waals surface area contributed by atoms with Crippen molar-refractivity contribution >= 4 is 45.6 Å². The van der Waals surface area contributed by atoms with Gasteiger partial charge in [0.15, 0.2) is 5.82 Å². The molecule has 162 valence electrons. The minimum atomic E-state index is -0.149. The largest absolute Gasteiger partial charge is 0.329 e. The summed E-state index contributed by atoms with van der Waals surface area (Å²) in [5, 5.41) is 16.2. The SMILES string of the molecule is CCc1nnc(Nc2cc(C)nc([C@@H]3CCCCN3C(=O)/C=C/c3csc(C)n3)n2)s1. The van der Waals surface area contributed by atoms with Crippen LogP contribution in [0, 0.1) is 13.8 Å². The van der Waals surface area contributed by atoms with Crippen LogP contribution in [-0.4, -0.2) is 42.5 Å². The molecule has 0 spiro atoms. The van der Waals surface area contributed by atoms with Crippen molar-refractivity contribution in [2.75, 3.05) is 11.9 Å². The van der Waals surface area contributed by atoms with Crippen LogP contribution >= 0.6 is 22.7 Å². The third-order valence-electron chi connectivity index (χ3n) is 4.99. The predicted molar refractivity (Wildman–Crippen MR) is 124 cm³/mol. The van der Waals surface area contributed by atoms with Crippen molar-refractivity contribution in [1.29, 1.82) is 0 Å². The normalized spacial score (nSPS) is 16.7. The van der Waals surface area contributed by atoms with Crippen LogP contribution in [0.5, 0.6) is 0 Å². The van der Waals surface area contributed by atoms with Crippen LogP contribution in [0.25, 0.3) is 6.08 Å². The molecule has 4 rings (SSSR count). The molecule has 3 aromatic heterocycles. The number of amides is 1. The maximum absolute atomic E-state index is 13.0. The molecule has 10 heteroatoms. The Labute approximate surface area is 189 Å². The summed E-state index contributed by atoms with van der Waals surface area (Å²) in [5.74, 6) is 1.30. The average molecular weight is 456 g/mol. The molecule has 0 aliphatic carbocycles. The standard InChI is InChI=1S/C21H25N7OS2/c1-4-18-26-27-21(31-18)25-17-11-13(2)22-20(24-17)16-7-5-6-10-28(16)19(29)9-8-15-12-30-14(3)23-15/h8-9,11-12,16H,4-7,10H2,1-3H3,(H,22,24,25,27)/b9-8+/t16-/m0/s1. The lowest BCUT2D eigenvalue weighted by Gasteiger charge is -2.34. The number of piperidine rings is 1. The molecule has 1 amide bonds. The molecule has 1 N–H and O–H groups in total. The van der Waals surface area contributed by atoms with E-state index in [2.05, 4.69) is 32.4 Å². The minimum absolute atomic E-state index is 0.0355. The first-order valence-corrected chi connectivity index (χ1v) is 12.1. The molecule has 3 aromatic rings. The van der Waals surface area contributed by atoms with E-state index < -0.39 is 0 Å². The number of hydrogen-bond donors (Lipinski definition) is 1. The quantitative estimate of drug-likeness (QED) is 0.548. The molecule has 1 atom stereocenters. The summed E-state index contributed by atoms with van der Waals surface area (Å²) >= 11 is 3.09. The summed E-state index contributed by atoms with van der Waals surface area (Å²) in [4.78, 5) is 28.6. The maximum Gasteiger partial charge on any atom is 0.247 e. The third-order valence-corrected chi connectivity index (χ3v) is 6.77. The van der Waals surface area contributed by atoms with Crippen LogP contribution in [0.2, 0.25) is 0 Å². The Hall–Kier alpha value is -2.72. The highest BCUT2D eigenvalue weighted by Crippen LogP contribution is 2.31. The zero-order valence-electron chi connectivity index (χ0n) is 17.8. The number of aryl methyl sites for hydroxylation is 3. The number of carbonyl (C=O) groups is 1. The number of aromatic nitrogens is 5.